The molecule has 2 rings (SSSR count). The predicted molar refractivity (Wildman–Crippen MR) is 83.5 cm³/mol. The SMILES string of the molecule is CC(C)N(Cc1ccccc1)C(=O)c1ccc(NN)nc1. The molecule has 0 unspecified atom stereocenters. The second kappa shape index (κ2) is 6.85. The van der Waals surface area contributed by atoms with Gasteiger partial charge in [0.15, 0.2) is 0 Å². The molecule has 2 aromatic rings. The number of amides is 1. The van der Waals surface area contributed by atoms with E-state index in [0.717, 1.165) is 5.56 Å². The molecule has 0 atom stereocenters. The van der Waals surface area contributed by atoms with Gasteiger partial charge in [0.25, 0.3) is 5.91 Å². The zero-order valence-electron chi connectivity index (χ0n) is 12.3. The van der Waals surface area contributed by atoms with Gasteiger partial charge in [-0.15, -0.1) is 0 Å². The minimum atomic E-state index is -0.0371. The van der Waals surface area contributed by atoms with Gasteiger partial charge in [0.2, 0.25) is 0 Å². The van der Waals surface area contributed by atoms with Crippen LogP contribution in [0, 0.1) is 0 Å². The van der Waals surface area contributed by atoms with E-state index in [4.69, 9.17) is 5.84 Å². The number of benzene rings is 1. The maximum absolute atomic E-state index is 12.6. The van der Waals surface area contributed by atoms with Crippen LogP contribution in [-0.4, -0.2) is 21.8 Å². The number of rotatable bonds is 5. The second-order valence-corrected chi connectivity index (χ2v) is 5.09. The molecule has 1 aromatic heterocycles. The minimum absolute atomic E-state index is 0.0371. The molecule has 5 heteroatoms. The van der Waals surface area contributed by atoms with E-state index < -0.39 is 0 Å². The van der Waals surface area contributed by atoms with Crippen molar-refractivity contribution in [3.05, 3.63) is 59.8 Å². The van der Waals surface area contributed by atoms with E-state index in [2.05, 4.69) is 10.4 Å². The number of nitrogens with two attached hydrogens (primary N) is 1. The topological polar surface area (TPSA) is 71.2 Å². The fourth-order valence-corrected chi connectivity index (χ4v) is 2.04. The summed E-state index contributed by atoms with van der Waals surface area (Å²) < 4.78 is 0. The molecule has 21 heavy (non-hydrogen) atoms. The Morgan fingerprint density at radius 1 is 1.24 bits per heavy atom. The summed E-state index contributed by atoms with van der Waals surface area (Å²) in [5, 5.41) is 0. The van der Waals surface area contributed by atoms with Crippen LogP contribution >= 0.6 is 0 Å². The molecule has 0 aliphatic heterocycles. The van der Waals surface area contributed by atoms with Gasteiger partial charge in [-0.3, -0.25) is 4.79 Å². The highest BCUT2D eigenvalue weighted by Gasteiger charge is 2.19. The monoisotopic (exact) mass is 284 g/mol. The summed E-state index contributed by atoms with van der Waals surface area (Å²) in [4.78, 5) is 18.5. The molecule has 0 saturated carbocycles. The van der Waals surface area contributed by atoms with Crippen molar-refractivity contribution in [3.8, 4) is 0 Å². The Morgan fingerprint density at radius 2 is 1.95 bits per heavy atom. The van der Waals surface area contributed by atoms with Crippen LogP contribution in [0.4, 0.5) is 5.82 Å². The summed E-state index contributed by atoms with van der Waals surface area (Å²) in [6.45, 7) is 4.59. The summed E-state index contributed by atoms with van der Waals surface area (Å²) in [5.41, 5.74) is 4.11. The summed E-state index contributed by atoms with van der Waals surface area (Å²) in [7, 11) is 0. The maximum Gasteiger partial charge on any atom is 0.255 e. The highest BCUT2D eigenvalue weighted by molar-refractivity contribution is 5.94. The predicted octanol–water partition coefficient (Wildman–Crippen LogP) is 2.42. The number of nitrogens with one attached hydrogen (secondary N) is 1. The fourth-order valence-electron chi connectivity index (χ4n) is 2.04. The molecule has 1 aromatic carbocycles. The first-order valence-electron chi connectivity index (χ1n) is 6.89. The molecule has 110 valence electrons. The zero-order chi connectivity index (χ0) is 15.2. The lowest BCUT2D eigenvalue weighted by Crippen LogP contribution is -2.36. The number of pyridine rings is 1. The van der Waals surface area contributed by atoms with Gasteiger partial charge in [-0.25, -0.2) is 10.8 Å². The van der Waals surface area contributed by atoms with E-state index in [9.17, 15) is 4.79 Å². The number of hydrogen-bond acceptors (Lipinski definition) is 4. The van der Waals surface area contributed by atoms with Gasteiger partial charge in [-0.2, -0.15) is 0 Å². The van der Waals surface area contributed by atoms with Crippen LogP contribution in [0.5, 0.6) is 0 Å². The number of nitrogens with zero attached hydrogens (tertiary/aromatic N) is 2. The average Bonchev–Trinajstić information content (AvgIpc) is 2.53. The van der Waals surface area contributed by atoms with Crippen LogP contribution in [0.15, 0.2) is 48.7 Å². The Bertz CT molecular complexity index is 581. The van der Waals surface area contributed by atoms with Crippen molar-refractivity contribution in [3.63, 3.8) is 0 Å². The van der Waals surface area contributed by atoms with Gasteiger partial charge in [-0.05, 0) is 31.5 Å². The lowest BCUT2D eigenvalue weighted by atomic mass is 10.1. The molecule has 0 fully saturated rings. The number of aromatic nitrogens is 1. The van der Waals surface area contributed by atoms with Gasteiger partial charge in [0.05, 0.1) is 5.56 Å². The summed E-state index contributed by atoms with van der Waals surface area (Å²) in [6.07, 6.45) is 1.54. The number of hydrazine groups is 1. The van der Waals surface area contributed by atoms with E-state index >= 15 is 0 Å². The van der Waals surface area contributed by atoms with E-state index in [1.165, 1.54) is 6.20 Å². The average molecular weight is 284 g/mol. The number of carbonyl (C=O) groups excluding carboxylic acids is 1. The first-order valence-corrected chi connectivity index (χ1v) is 6.89. The highest BCUT2D eigenvalue weighted by atomic mass is 16.2. The van der Waals surface area contributed by atoms with Crippen molar-refractivity contribution < 1.29 is 4.79 Å². The van der Waals surface area contributed by atoms with Gasteiger partial charge in [0.1, 0.15) is 5.82 Å². The number of nitrogen functional groups attached to an aromatic ring is 1. The standard InChI is InChI=1S/C16H20N4O/c1-12(2)20(11-13-6-4-3-5-7-13)16(21)14-8-9-15(19-17)18-10-14/h3-10,12H,11,17H2,1-2H3,(H,18,19). The fraction of sp³-hybridized carbons (Fsp3) is 0.250. The smallest absolute Gasteiger partial charge is 0.255 e. The number of anilines is 1. The Labute approximate surface area is 124 Å². The Morgan fingerprint density at radius 3 is 2.48 bits per heavy atom. The van der Waals surface area contributed by atoms with Crippen LogP contribution in [0.2, 0.25) is 0 Å². The minimum Gasteiger partial charge on any atom is -0.332 e. The molecule has 3 N–H and O–H groups in total. The molecule has 0 bridgehead atoms. The molecule has 0 radical (unpaired) electrons. The third kappa shape index (κ3) is 3.79. The third-order valence-electron chi connectivity index (χ3n) is 3.24. The van der Waals surface area contributed by atoms with Crippen LogP contribution in [-0.2, 0) is 6.54 Å². The van der Waals surface area contributed by atoms with Crippen molar-refractivity contribution in [1.29, 1.82) is 0 Å². The van der Waals surface area contributed by atoms with Crippen LogP contribution < -0.4 is 11.3 Å². The quantitative estimate of drug-likeness (QED) is 0.653. The van der Waals surface area contributed by atoms with Gasteiger partial charge in [0, 0.05) is 18.8 Å². The molecular formula is C16H20N4O. The van der Waals surface area contributed by atoms with E-state index in [0.29, 0.717) is 17.9 Å². The van der Waals surface area contributed by atoms with Crippen molar-refractivity contribution in [1.82, 2.24) is 9.88 Å². The molecule has 1 amide bonds. The zero-order valence-corrected chi connectivity index (χ0v) is 12.3. The van der Waals surface area contributed by atoms with Crippen molar-refractivity contribution in [2.75, 3.05) is 5.43 Å². The van der Waals surface area contributed by atoms with E-state index in [1.54, 1.807) is 12.1 Å². The van der Waals surface area contributed by atoms with Crippen LogP contribution in [0.1, 0.15) is 29.8 Å². The van der Waals surface area contributed by atoms with Crippen LogP contribution in [0.3, 0.4) is 0 Å². The third-order valence-corrected chi connectivity index (χ3v) is 3.24. The Hall–Kier alpha value is -2.40. The largest absolute Gasteiger partial charge is 0.332 e. The molecule has 0 saturated heterocycles. The van der Waals surface area contributed by atoms with E-state index in [1.807, 2.05) is 49.1 Å². The molecule has 0 spiro atoms. The summed E-state index contributed by atoms with van der Waals surface area (Å²) >= 11 is 0. The summed E-state index contributed by atoms with van der Waals surface area (Å²) in [6, 6.07) is 13.5. The van der Waals surface area contributed by atoms with Gasteiger partial charge < -0.3 is 10.3 Å². The molecule has 0 aliphatic rings. The number of carbonyl (C=O) groups is 1. The Kier molecular flexibility index (Phi) is 4.90. The van der Waals surface area contributed by atoms with Crippen molar-refractivity contribution in [2.24, 2.45) is 5.84 Å². The van der Waals surface area contributed by atoms with Gasteiger partial charge >= 0.3 is 0 Å². The molecule has 0 aliphatic carbocycles. The van der Waals surface area contributed by atoms with Crippen molar-refractivity contribution >= 4 is 11.7 Å². The molecule has 1 heterocycles. The van der Waals surface area contributed by atoms with Crippen molar-refractivity contribution in [2.45, 2.75) is 26.4 Å². The maximum atomic E-state index is 12.6. The van der Waals surface area contributed by atoms with Gasteiger partial charge in [-0.1, -0.05) is 30.3 Å². The van der Waals surface area contributed by atoms with Crippen LogP contribution in [0.25, 0.3) is 0 Å². The second-order valence-electron chi connectivity index (χ2n) is 5.09. The number of hydrogen-bond donors (Lipinski definition) is 2. The normalized spacial score (nSPS) is 10.5. The van der Waals surface area contributed by atoms with E-state index in [-0.39, 0.29) is 11.9 Å². The lowest BCUT2D eigenvalue weighted by Gasteiger charge is -2.27. The lowest BCUT2D eigenvalue weighted by molar-refractivity contribution is 0.0690. The molecular weight excluding hydrogens is 264 g/mol. The summed E-state index contributed by atoms with van der Waals surface area (Å²) in [5.74, 6) is 5.77. The first kappa shape index (κ1) is 15.0. The molecule has 5 nitrogen and oxygen atoms in total. The first-order chi connectivity index (χ1) is 10.1. The Balaban J connectivity index is 2.18. The highest BCUT2D eigenvalue weighted by Crippen LogP contribution is 2.14.